The summed E-state index contributed by atoms with van der Waals surface area (Å²) in [5.74, 6) is 1.53. The first kappa shape index (κ1) is 20.8. The van der Waals surface area contributed by atoms with Crippen molar-refractivity contribution in [2.45, 2.75) is 6.92 Å². The van der Waals surface area contributed by atoms with E-state index in [0.29, 0.717) is 31.2 Å². The van der Waals surface area contributed by atoms with Crippen molar-refractivity contribution in [3.8, 4) is 11.5 Å². The number of ether oxygens (including phenoxy) is 3. The van der Waals surface area contributed by atoms with Gasteiger partial charge in [0.1, 0.15) is 18.1 Å². The van der Waals surface area contributed by atoms with Crippen LogP contribution in [0.2, 0.25) is 0 Å². The van der Waals surface area contributed by atoms with Gasteiger partial charge in [0.15, 0.2) is 0 Å². The fraction of sp³-hybridized carbons (Fsp3) is 0.409. The summed E-state index contributed by atoms with van der Waals surface area (Å²) >= 11 is 0. The van der Waals surface area contributed by atoms with E-state index in [1.54, 1.807) is 13.2 Å². The first-order valence-corrected chi connectivity index (χ1v) is 9.97. The van der Waals surface area contributed by atoms with Crippen LogP contribution < -0.4 is 19.7 Å². The lowest BCUT2D eigenvalue weighted by Crippen LogP contribution is -2.47. The van der Waals surface area contributed by atoms with E-state index in [4.69, 9.17) is 14.2 Å². The number of piperazine rings is 1. The van der Waals surface area contributed by atoms with E-state index in [1.807, 2.05) is 43.3 Å². The van der Waals surface area contributed by atoms with E-state index in [9.17, 15) is 4.79 Å². The molecule has 3 rings (SSSR count). The Morgan fingerprint density at radius 2 is 1.69 bits per heavy atom. The van der Waals surface area contributed by atoms with Gasteiger partial charge in [-0.2, -0.15) is 0 Å². The number of benzene rings is 2. The van der Waals surface area contributed by atoms with Crippen LogP contribution in [0.5, 0.6) is 11.5 Å². The Labute approximate surface area is 172 Å². The number of anilines is 2. The zero-order valence-electron chi connectivity index (χ0n) is 17.1. The fourth-order valence-electron chi connectivity index (χ4n) is 3.37. The summed E-state index contributed by atoms with van der Waals surface area (Å²) in [6, 6.07) is 15.4. The summed E-state index contributed by atoms with van der Waals surface area (Å²) < 4.78 is 16.3. The summed E-state index contributed by atoms with van der Waals surface area (Å²) in [7, 11) is 1.70. The number of methoxy groups -OCH3 is 1. The monoisotopic (exact) mass is 399 g/mol. The van der Waals surface area contributed by atoms with Gasteiger partial charge in [-0.05, 0) is 31.2 Å². The number of hydrogen-bond acceptors (Lipinski definition) is 6. The molecule has 0 spiro atoms. The number of carbonyl (C=O) groups excluding carboxylic acids is 1. The molecule has 0 saturated carbocycles. The molecule has 29 heavy (non-hydrogen) atoms. The number of hydrogen-bond donors (Lipinski definition) is 1. The molecule has 1 aliphatic heterocycles. The minimum Gasteiger partial charge on any atom is -0.495 e. The van der Waals surface area contributed by atoms with Crippen LogP contribution in [0.3, 0.4) is 0 Å². The maximum Gasteiger partial charge on any atom is 0.411 e. The number of carbonyl (C=O) groups is 1. The highest BCUT2D eigenvalue weighted by molar-refractivity contribution is 5.86. The second-order valence-electron chi connectivity index (χ2n) is 6.69. The Hall–Kier alpha value is -2.93. The van der Waals surface area contributed by atoms with Gasteiger partial charge in [0.2, 0.25) is 0 Å². The molecule has 2 aromatic rings. The molecule has 1 heterocycles. The molecule has 1 saturated heterocycles. The van der Waals surface area contributed by atoms with Crippen LogP contribution in [0.25, 0.3) is 0 Å². The predicted molar refractivity (Wildman–Crippen MR) is 114 cm³/mol. The van der Waals surface area contributed by atoms with Gasteiger partial charge in [-0.1, -0.05) is 24.3 Å². The van der Waals surface area contributed by atoms with E-state index in [0.717, 1.165) is 37.6 Å². The molecule has 1 amide bonds. The number of para-hydroxylation sites is 4. The van der Waals surface area contributed by atoms with Crippen molar-refractivity contribution in [1.82, 2.24) is 4.90 Å². The van der Waals surface area contributed by atoms with Crippen molar-refractivity contribution in [2.24, 2.45) is 0 Å². The van der Waals surface area contributed by atoms with Crippen molar-refractivity contribution in [1.29, 1.82) is 0 Å². The molecule has 0 unspecified atom stereocenters. The van der Waals surface area contributed by atoms with Gasteiger partial charge < -0.3 is 19.1 Å². The van der Waals surface area contributed by atoms with E-state index >= 15 is 0 Å². The molecule has 7 heteroatoms. The normalized spacial score (nSPS) is 14.3. The highest BCUT2D eigenvalue weighted by Crippen LogP contribution is 2.28. The molecular formula is C22H29N3O4. The first-order chi connectivity index (χ1) is 14.2. The van der Waals surface area contributed by atoms with Gasteiger partial charge >= 0.3 is 6.09 Å². The number of rotatable bonds is 8. The second-order valence-corrected chi connectivity index (χ2v) is 6.69. The van der Waals surface area contributed by atoms with Gasteiger partial charge in [0.25, 0.3) is 0 Å². The van der Waals surface area contributed by atoms with Gasteiger partial charge in [-0.15, -0.1) is 0 Å². The van der Waals surface area contributed by atoms with Crippen molar-refractivity contribution in [3.63, 3.8) is 0 Å². The minimum atomic E-state index is -0.468. The summed E-state index contributed by atoms with van der Waals surface area (Å²) in [4.78, 5) is 16.7. The van der Waals surface area contributed by atoms with E-state index in [1.165, 1.54) is 0 Å². The van der Waals surface area contributed by atoms with E-state index in [2.05, 4.69) is 21.2 Å². The van der Waals surface area contributed by atoms with Crippen LogP contribution in [0.1, 0.15) is 6.92 Å². The molecule has 7 nitrogen and oxygen atoms in total. The average molecular weight is 399 g/mol. The lowest BCUT2D eigenvalue weighted by molar-refractivity contribution is 0.137. The molecule has 1 N–H and O–H groups in total. The standard InChI is InChI=1S/C22H29N3O4/c1-3-28-20-10-6-4-8-18(20)23-22(26)29-17-16-24-12-14-25(15-13-24)19-9-5-7-11-21(19)27-2/h4-11H,3,12-17H2,1-2H3,(H,23,26). The molecule has 1 fully saturated rings. The Kier molecular flexibility index (Phi) is 7.58. The van der Waals surface area contributed by atoms with Crippen molar-refractivity contribution in [3.05, 3.63) is 48.5 Å². The van der Waals surface area contributed by atoms with Gasteiger partial charge in [0.05, 0.1) is 25.1 Å². The third-order valence-electron chi connectivity index (χ3n) is 4.86. The Morgan fingerprint density at radius 1 is 1.00 bits per heavy atom. The molecule has 0 bridgehead atoms. The van der Waals surface area contributed by atoms with Gasteiger partial charge in [-0.25, -0.2) is 4.79 Å². The molecule has 0 radical (unpaired) electrons. The lowest BCUT2D eigenvalue weighted by atomic mass is 10.2. The molecule has 156 valence electrons. The predicted octanol–water partition coefficient (Wildman–Crippen LogP) is 3.46. The Bertz CT molecular complexity index is 791. The zero-order valence-corrected chi connectivity index (χ0v) is 17.1. The van der Waals surface area contributed by atoms with E-state index < -0.39 is 6.09 Å². The third-order valence-corrected chi connectivity index (χ3v) is 4.86. The van der Waals surface area contributed by atoms with Crippen LogP contribution in [0.4, 0.5) is 16.2 Å². The number of nitrogens with one attached hydrogen (secondary N) is 1. The molecule has 0 aliphatic carbocycles. The maximum atomic E-state index is 12.1. The fourth-order valence-corrected chi connectivity index (χ4v) is 3.37. The van der Waals surface area contributed by atoms with Crippen LogP contribution in [-0.4, -0.2) is 64.0 Å². The van der Waals surface area contributed by atoms with Crippen molar-refractivity contribution in [2.75, 3.05) is 63.3 Å². The maximum absolute atomic E-state index is 12.1. The van der Waals surface area contributed by atoms with Gasteiger partial charge in [0, 0.05) is 32.7 Å². The molecule has 0 aromatic heterocycles. The highest BCUT2D eigenvalue weighted by Gasteiger charge is 2.19. The van der Waals surface area contributed by atoms with Crippen molar-refractivity contribution < 1.29 is 19.0 Å². The summed E-state index contributed by atoms with van der Waals surface area (Å²) in [6.45, 7) is 7.14. The zero-order chi connectivity index (χ0) is 20.5. The average Bonchev–Trinajstić information content (AvgIpc) is 2.76. The molecule has 2 aromatic carbocycles. The molecular weight excluding hydrogens is 370 g/mol. The largest absolute Gasteiger partial charge is 0.495 e. The number of nitrogens with zero attached hydrogens (tertiary/aromatic N) is 2. The Morgan fingerprint density at radius 3 is 2.41 bits per heavy atom. The smallest absolute Gasteiger partial charge is 0.411 e. The lowest BCUT2D eigenvalue weighted by Gasteiger charge is -2.36. The second kappa shape index (κ2) is 10.6. The quantitative estimate of drug-likeness (QED) is 0.733. The highest BCUT2D eigenvalue weighted by atomic mass is 16.5. The summed E-state index contributed by atoms with van der Waals surface area (Å²) in [5, 5.41) is 2.75. The van der Waals surface area contributed by atoms with Crippen molar-refractivity contribution >= 4 is 17.5 Å². The van der Waals surface area contributed by atoms with Crippen LogP contribution >= 0.6 is 0 Å². The Balaban J connectivity index is 1.40. The SMILES string of the molecule is CCOc1ccccc1NC(=O)OCCN1CCN(c2ccccc2OC)CC1. The van der Waals surface area contributed by atoms with Crippen LogP contribution in [0.15, 0.2) is 48.5 Å². The summed E-state index contributed by atoms with van der Waals surface area (Å²) in [6.07, 6.45) is -0.468. The topological polar surface area (TPSA) is 63.3 Å². The third kappa shape index (κ3) is 5.77. The van der Waals surface area contributed by atoms with E-state index in [-0.39, 0.29) is 0 Å². The molecule has 0 atom stereocenters. The first-order valence-electron chi connectivity index (χ1n) is 9.97. The van der Waals surface area contributed by atoms with Crippen LogP contribution in [-0.2, 0) is 4.74 Å². The van der Waals surface area contributed by atoms with Gasteiger partial charge in [-0.3, -0.25) is 10.2 Å². The molecule has 1 aliphatic rings. The minimum absolute atomic E-state index is 0.345. The number of amides is 1. The van der Waals surface area contributed by atoms with Crippen LogP contribution in [0, 0.1) is 0 Å². The summed E-state index contributed by atoms with van der Waals surface area (Å²) in [5.41, 5.74) is 1.74.